The third-order valence-corrected chi connectivity index (χ3v) is 3.91. The Morgan fingerprint density at radius 1 is 0.952 bits per heavy atom. The molecule has 2 fully saturated rings. The van der Waals surface area contributed by atoms with Crippen molar-refractivity contribution in [1.29, 1.82) is 0 Å². The molecule has 0 radical (unpaired) electrons. The fraction of sp³-hybridized carbons (Fsp3) is 0.909. The molecule has 2 aliphatic rings. The topological polar surface area (TPSA) is 69.6 Å². The lowest BCUT2D eigenvalue weighted by atomic mass is 9.65. The molecule has 1 spiro atoms. The lowest BCUT2D eigenvalue weighted by Crippen LogP contribution is -2.59. The van der Waals surface area contributed by atoms with Crippen molar-refractivity contribution in [3.8, 4) is 0 Å². The lowest BCUT2D eigenvalue weighted by molar-refractivity contribution is -0.276. The number of carboxylic acids is 1. The summed E-state index contributed by atoms with van der Waals surface area (Å²) < 4.78 is 69.0. The predicted octanol–water partition coefficient (Wildman–Crippen LogP) is 2.08. The van der Waals surface area contributed by atoms with Crippen LogP contribution in [0.1, 0.15) is 25.7 Å². The number of carboxylic acid groups (broad SMARTS) is 1. The molecule has 4 nitrogen and oxygen atoms in total. The standard InChI is InChI=1S/C9H14F3NO.C2HF3O2/c10-9(11,12)8(14)3-1-7(2-4-8)5-13-6-7;3-2(4,5)1(6)7/h13-14H,1-6H2;(H,6,7). The molecule has 1 saturated heterocycles. The zero-order valence-electron chi connectivity index (χ0n) is 10.8. The lowest BCUT2D eigenvalue weighted by Gasteiger charge is -2.50. The van der Waals surface area contributed by atoms with Gasteiger partial charge in [0.05, 0.1) is 0 Å². The summed E-state index contributed by atoms with van der Waals surface area (Å²) in [5.74, 6) is -2.76. The Hall–Kier alpha value is -1.03. The molecule has 3 N–H and O–H groups in total. The van der Waals surface area contributed by atoms with E-state index in [9.17, 15) is 31.4 Å². The SMILES string of the molecule is O=C(O)C(F)(F)F.OC1(C(F)(F)F)CCC2(CC1)CNC2. The molecule has 124 valence electrons. The highest BCUT2D eigenvalue weighted by atomic mass is 19.4. The monoisotopic (exact) mass is 323 g/mol. The minimum Gasteiger partial charge on any atom is -0.475 e. The Morgan fingerprint density at radius 2 is 1.33 bits per heavy atom. The second kappa shape index (κ2) is 5.64. The number of rotatable bonds is 0. The fourth-order valence-electron chi connectivity index (χ4n) is 2.31. The molecule has 1 heterocycles. The molecular formula is C11H15F6NO3. The van der Waals surface area contributed by atoms with Crippen molar-refractivity contribution in [2.24, 2.45) is 5.41 Å². The van der Waals surface area contributed by atoms with E-state index in [0.717, 1.165) is 13.1 Å². The fourth-order valence-corrected chi connectivity index (χ4v) is 2.31. The maximum absolute atomic E-state index is 12.4. The van der Waals surface area contributed by atoms with Crippen LogP contribution in [0.25, 0.3) is 0 Å². The van der Waals surface area contributed by atoms with E-state index in [1.165, 1.54) is 0 Å². The number of halogens is 6. The van der Waals surface area contributed by atoms with Crippen molar-refractivity contribution in [1.82, 2.24) is 5.32 Å². The summed E-state index contributed by atoms with van der Waals surface area (Å²) >= 11 is 0. The molecule has 2 rings (SSSR count). The van der Waals surface area contributed by atoms with Crippen molar-refractivity contribution in [3.63, 3.8) is 0 Å². The maximum atomic E-state index is 12.4. The van der Waals surface area contributed by atoms with Gasteiger partial charge in [-0.25, -0.2) is 4.79 Å². The van der Waals surface area contributed by atoms with Gasteiger partial charge >= 0.3 is 18.3 Å². The number of aliphatic hydroxyl groups is 1. The third kappa shape index (κ3) is 4.22. The Kier molecular flexibility index (Phi) is 4.84. The molecular weight excluding hydrogens is 308 g/mol. The van der Waals surface area contributed by atoms with E-state index >= 15 is 0 Å². The summed E-state index contributed by atoms with van der Waals surface area (Å²) in [6.45, 7) is 1.61. The number of carbonyl (C=O) groups is 1. The zero-order valence-corrected chi connectivity index (χ0v) is 10.8. The van der Waals surface area contributed by atoms with Gasteiger partial charge in [0, 0.05) is 13.1 Å². The largest absolute Gasteiger partial charge is 0.490 e. The Morgan fingerprint density at radius 3 is 1.52 bits per heavy atom. The van der Waals surface area contributed by atoms with Gasteiger partial charge in [-0.3, -0.25) is 0 Å². The van der Waals surface area contributed by atoms with Gasteiger partial charge in [0.25, 0.3) is 0 Å². The molecule has 0 atom stereocenters. The second-order valence-electron chi connectivity index (χ2n) is 5.44. The summed E-state index contributed by atoms with van der Waals surface area (Å²) in [6.07, 6.45) is -8.87. The normalized spacial score (nSPS) is 23.8. The van der Waals surface area contributed by atoms with E-state index in [0.29, 0.717) is 12.8 Å². The van der Waals surface area contributed by atoms with Crippen molar-refractivity contribution in [2.45, 2.75) is 43.6 Å². The summed E-state index contributed by atoms with van der Waals surface area (Å²) in [4.78, 5) is 8.90. The third-order valence-electron chi connectivity index (χ3n) is 3.91. The minimum absolute atomic E-state index is 0.0531. The van der Waals surface area contributed by atoms with Crippen LogP contribution in [0.3, 0.4) is 0 Å². The van der Waals surface area contributed by atoms with Crippen LogP contribution in [-0.2, 0) is 4.79 Å². The van der Waals surface area contributed by atoms with Gasteiger partial charge in [-0.2, -0.15) is 26.3 Å². The Labute approximate surface area is 116 Å². The van der Waals surface area contributed by atoms with E-state index in [1.807, 2.05) is 0 Å². The Bertz CT molecular complexity index is 378. The summed E-state index contributed by atoms with van der Waals surface area (Å²) in [5, 5.41) is 19.6. The molecule has 21 heavy (non-hydrogen) atoms. The predicted molar refractivity (Wildman–Crippen MR) is 58.5 cm³/mol. The molecule has 10 heteroatoms. The van der Waals surface area contributed by atoms with Gasteiger partial charge in [0.15, 0.2) is 5.60 Å². The molecule has 0 aromatic carbocycles. The van der Waals surface area contributed by atoms with Crippen molar-refractivity contribution in [2.75, 3.05) is 13.1 Å². The number of hydrogen-bond donors (Lipinski definition) is 3. The molecule has 1 aliphatic heterocycles. The van der Waals surface area contributed by atoms with Gasteiger partial charge in [-0.1, -0.05) is 0 Å². The summed E-state index contributed by atoms with van der Waals surface area (Å²) in [7, 11) is 0. The van der Waals surface area contributed by atoms with E-state index < -0.39 is 23.9 Å². The summed E-state index contributed by atoms with van der Waals surface area (Å²) in [6, 6.07) is 0. The second-order valence-corrected chi connectivity index (χ2v) is 5.44. The quantitative estimate of drug-likeness (QED) is 0.597. The van der Waals surface area contributed by atoms with Gasteiger partial charge in [0.2, 0.25) is 0 Å². The number of nitrogens with one attached hydrogen (secondary N) is 1. The first kappa shape index (κ1) is 18.0. The van der Waals surface area contributed by atoms with Crippen molar-refractivity contribution >= 4 is 5.97 Å². The molecule has 1 saturated carbocycles. The molecule has 0 aromatic heterocycles. The Balaban J connectivity index is 0.000000270. The molecule has 1 aliphatic carbocycles. The van der Waals surface area contributed by atoms with Crippen molar-refractivity contribution < 1.29 is 41.4 Å². The summed E-state index contributed by atoms with van der Waals surface area (Å²) in [5.41, 5.74) is -2.37. The van der Waals surface area contributed by atoms with Crippen LogP contribution >= 0.6 is 0 Å². The van der Waals surface area contributed by atoms with E-state index in [-0.39, 0.29) is 18.3 Å². The van der Waals surface area contributed by atoms with Crippen LogP contribution in [0, 0.1) is 5.41 Å². The van der Waals surface area contributed by atoms with Crippen LogP contribution in [0.2, 0.25) is 0 Å². The van der Waals surface area contributed by atoms with Crippen LogP contribution in [0.5, 0.6) is 0 Å². The highest BCUT2D eigenvalue weighted by molar-refractivity contribution is 5.73. The van der Waals surface area contributed by atoms with Gasteiger partial charge in [0.1, 0.15) is 0 Å². The van der Waals surface area contributed by atoms with Crippen LogP contribution < -0.4 is 5.32 Å². The van der Waals surface area contributed by atoms with Gasteiger partial charge in [-0.15, -0.1) is 0 Å². The van der Waals surface area contributed by atoms with Crippen LogP contribution in [0.4, 0.5) is 26.3 Å². The molecule has 0 amide bonds. The maximum Gasteiger partial charge on any atom is 0.490 e. The highest BCUT2D eigenvalue weighted by Gasteiger charge is 2.57. The highest BCUT2D eigenvalue weighted by Crippen LogP contribution is 2.49. The molecule has 0 aromatic rings. The average molecular weight is 323 g/mol. The number of alkyl halides is 6. The van der Waals surface area contributed by atoms with E-state index in [4.69, 9.17) is 9.90 Å². The van der Waals surface area contributed by atoms with Gasteiger partial charge in [-0.05, 0) is 31.1 Å². The number of hydrogen-bond acceptors (Lipinski definition) is 3. The average Bonchev–Trinajstić information content (AvgIpc) is 2.26. The molecule has 0 bridgehead atoms. The van der Waals surface area contributed by atoms with Crippen molar-refractivity contribution in [3.05, 3.63) is 0 Å². The number of aliphatic carboxylic acids is 1. The first-order valence-electron chi connectivity index (χ1n) is 6.11. The van der Waals surface area contributed by atoms with E-state index in [1.54, 1.807) is 0 Å². The van der Waals surface area contributed by atoms with E-state index in [2.05, 4.69) is 5.32 Å². The van der Waals surface area contributed by atoms with Crippen LogP contribution in [-0.4, -0.2) is 47.2 Å². The van der Waals surface area contributed by atoms with Crippen LogP contribution in [0.15, 0.2) is 0 Å². The molecule has 0 unspecified atom stereocenters. The smallest absolute Gasteiger partial charge is 0.475 e. The first-order chi connectivity index (χ1) is 9.31. The zero-order chi connectivity index (χ0) is 16.5. The van der Waals surface area contributed by atoms with Gasteiger partial charge < -0.3 is 15.5 Å². The first-order valence-corrected chi connectivity index (χ1v) is 6.11. The minimum atomic E-state index is -5.08.